The standard InChI is InChI=1S/C14H11FN2O4/c15-10-6-7-12(17(20)21)11(8-10)16-13(14(18)19)9-4-2-1-3-5-9/h1-8,13,16H,(H,18,19). The molecule has 0 heterocycles. The van der Waals surface area contributed by atoms with Crippen LogP contribution in [0.2, 0.25) is 0 Å². The predicted molar refractivity (Wildman–Crippen MR) is 73.5 cm³/mol. The molecule has 21 heavy (non-hydrogen) atoms. The first-order valence-electron chi connectivity index (χ1n) is 5.97. The van der Waals surface area contributed by atoms with Gasteiger partial charge in [0.05, 0.1) is 4.92 Å². The highest BCUT2D eigenvalue weighted by molar-refractivity contribution is 5.80. The molecule has 2 aromatic rings. The average Bonchev–Trinajstić information content (AvgIpc) is 2.45. The number of aliphatic carboxylic acids is 1. The summed E-state index contributed by atoms with van der Waals surface area (Å²) in [5, 5.41) is 22.7. The van der Waals surface area contributed by atoms with Gasteiger partial charge in [0.25, 0.3) is 5.69 Å². The van der Waals surface area contributed by atoms with Gasteiger partial charge in [0.15, 0.2) is 6.04 Å². The van der Waals surface area contributed by atoms with E-state index in [9.17, 15) is 24.4 Å². The van der Waals surface area contributed by atoms with E-state index in [0.29, 0.717) is 5.56 Å². The number of carbonyl (C=O) groups is 1. The maximum Gasteiger partial charge on any atom is 0.330 e. The molecule has 0 amide bonds. The van der Waals surface area contributed by atoms with E-state index in [0.717, 1.165) is 18.2 Å². The van der Waals surface area contributed by atoms with Crippen LogP contribution in [0.25, 0.3) is 0 Å². The van der Waals surface area contributed by atoms with E-state index in [1.54, 1.807) is 30.3 Å². The molecule has 0 fully saturated rings. The Labute approximate surface area is 119 Å². The smallest absolute Gasteiger partial charge is 0.330 e. The number of carboxylic acids is 1. The van der Waals surface area contributed by atoms with Crippen LogP contribution < -0.4 is 5.32 Å². The fraction of sp³-hybridized carbons (Fsp3) is 0.0714. The van der Waals surface area contributed by atoms with Crippen LogP contribution in [0, 0.1) is 15.9 Å². The second-order valence-electron chi connectivity index (χ2n) is 4.24. The molecule has 6 nitrogen and oxygen atoms in total. The van der Waals surface area contributed by atoms with Crippen LogP contribution in [0.15, 0.2) is 48.5 Å². The Kier molecular flexibility index (Phi) is 4.13. The van der Waals surface area contributed by atoms with Gasteiger partial charge < -0.3 is 10.4 Å². The van der Waals surface area contributed by atoms with Gasteiger partial charge in [-0.2, -0.15) is 0 Å². The molecule has 7 heteroatoms. The Morgan fingerprint density at radius 3 is 2.48 bits per heavy atom. The van der Waals surface area contributed by atoms with Gasteiger partial charge in [-0.15, -0.1) is 0 Å². The number of benzene rings is 2. The summed E-state index contributed by atoms with van der Waals surface area (Å²) in [6.45, 7) is 0. The SMILES string of the molecule is O=C(O)C(Nc1cc(F)ccc1[N+](=O)[O-])c1ccccc1. The topological polar surface area (TPSA) is 92.5 Å². The van der Waals surface area contributed by atoms with E-state index in [4.69, 9.17) is 0 Å². The molecule has 0 bridgehead atoms. The molecule has 0 radical (unpaired) electrons. The highest BCUT2D eigenvalue weighted by Crippen LogP contribution is 2.29. The molecule has 0 aliphatic rings. The quantitative estimate of drug-likeness (QED) is 0.652. The fourth-order valence-electron chi connectivity index (χ4n) is 1.87. The number of hydrogen-bond donors (Lipinski definition) is 2. The van der Waals surface area contributed by atoms with Gasteiger partial charge in [-0.3, -0.25) is 10.1 Å². The Hall–Kier alpha value is -2.96. The van der Waals surface area contributed by atoms with Gasteiger partial charge in [-0.1, -0.05) is 30.3 Å². The number of rotatable bonds is 5. The number of hydrogen-bond acceptors (Lipinski definition) is 4. The molecule has 0 aromatic heterocycles. The third-order valence-electron chi connectivity index (χ3n) is 2.83. The van der Waals surface area contributed by atoms with Crippen molar-refractivity contribution in [2.45, 2.75) is 6.04 Å². The monoisotopic (exact) mass is 290 g/mol. The van der Waals surface area contributed by atoms with Crippen molar-refractivity contribution in [2.24, 2.45) is 0 Å². The minimum Gasteiger partial charge on any atom is -0.479 e. The van der Waals surface area contributed by atoms with Crippen molar-refractivity contribution in [3.05, 3.63) is 70.0 Å². The van der Waals surface area contributed by atoms with Crippen molar-refractivity contribution in [1.82, 2.24) is 0 Å². The van der Waals surface area contributed by atoms with Gasteiger partial charge >= 0.3 is 5.97 Å². The lowest BCUT2D eigenvalue weighted by atomic mass is 10.1. The highest BCUT2D eigenvalue weighted by Gasteiger charge is 2.23. The van der Waals surface area contributed by atoms with Crippen LogP contribution in [-0.2, 0) is 4.79 Å². The molecule has 108 valence electrons. The average molecular weight is 290 g/mol. The van der Waals surface area contributed by atoms with Crippen LogP contribution in [0.5, 0.6) is 0 Å². The van der Waals surface area contributed by atoms with Crippen molar-refractivity contribution < 1.29 is 19.2 Å². The normalized spacial score (nSPS) is 11.7. The molecule has 0 aliphatic heterocycles. The molecule has 0 spiro atoms. The van der Waals surface area contributed by atoms with E-state index in [-0.39, 0.29) is 5.69 Å². The van der Waals surface area contributed by atoms with Gasteiger partial charge in [0, 0.05) is 12.1 Å². The van der Waals surface area contributed by atoms with Crippen molar-refractivity contribution in [1.29, 1.82) is 0 Å². The molecule has 2 N–H and O–H groups in total. The summed E-state index contributed by atoms with van der Waals surface area (Å²) < 4.78 is 13.3. The van der Waals surface area contributed by atoms with Crippen LogP contribution in [0.3, 0.4) is 0 Å². The second kappa shape index (κ2) is 6.00. The molecular formula is C14H11FN2O4. The number of nitro benzene ring substituents is 1. The zero-order valence-corrected chi connectivity index (χ0v) is 10.7. The largest absolute Gasteiger partial charge is 0.479 e. The molecule has 0 saturated carbocycles. The molecule has 2 aromatic carbocycles. The molecule has 0 aliphatic carbocycles. The van der Waals surface area contributed by atoms with Crippen molar-refractivity contribution in [2.75, 3.05) is 5.32 Å². The number of carboxylic acid groups (broad SMARTS) is 1. The summed E-state index contributed by atoms with van der Waals surface area (Å²) in [5.74, 6) is -1.92. The minimum atomic E-state index is -1.22. The fourth-order valence-corrected chi connectivity index (χ4v) is 1.87. The number of nitrogens with one attached hydrogen (secondary N) is 1. The number of nitrogens with zero attached hydrogens (tertiary/aromatic N) is 1. The zero-order valence-electron chi connectivity index (χ0n) is 10.7. The summed E-state index contributed by atoms with van der Waals surface area (Å²) in [6.07, 6.45) is 0. The Bertz CT molecular complexity index is 676. The molecule has 2 rings (SSSR count). The van der Waals surface area contributed by atoms with Gasteiger partial charge in [-0.25, -0.2) is 9.18 Å². The Morgan fingerprint density at radius 2 is 1.90 bits per heavy atom. The maximum atomic E-state index is 13.3. The molecule has 1 unspecified atom stereocenters. The summed E-state index contributed by atoms with van der Waals surface area (Å²) in [4.78, 5) is 21.6. The number of nitro groups is 1. The van der Waals surface area contributed by atoms with Crippen LogP contribution in [0.4, 0.5) is 15.8 Å². The van der Waals surface area contributed by atoms with Crippen molar-refractivity contribution >= 4 is 17.3 Å². The van der Waals surface area contributed by atoms with Crippen LogP contribution in [-0.4, -0.2) is 16.0 Å². The summed E-state index contributed by atoms with van der Waals surface area (Å²) >= 11 is 0. The highest BCUT2D eigenvalue weighted by atomic mass is 19.1. The van der Waals surface area contributed by atoms with E-state index < -0.39 is 28.4 Å². The predicted octanol–water partition coefficient (Wildman–Crippen LogP) is 2.97. The molecule has 0 saturated heterocycles. The van der Waals surface area contributed by atoms with Gasteiger partial charge in [-0.05, 0) is 11.6 Å². The Morgan fingerprint density at radius 1 is 1.24 bits per heavy atom. The molecular weight excluding hydrogens is 279 g/mol. The lowest BCUT2D eigenvalue weighted by Gasteiger charge is -2.16. The zero-order chi connectivity index (χ0) is 15.4. The van der Waals surface area contributed by atoms with E-state index in [1.807, 2.05) is 0 Å². The summed E-state index contributed by atoms with van der Waals surface area (Å²) in [5.41, 5.74) is -0.168. The maximum absolute atomic E-state index is 13.3. The molecule has 1 atom stereocenters. The lowest BCUT2D eigenvalue weighted by molar-refractivity contribution is -0.384. The summed E-state index contributed by atoms with van der Waals surface area (Å²) in [7, 11) is 0. The van der Waals surface area contributed by atoms with Crippen molar-refractivity contribution in [3.8, 4) is 0 Å². The second-order valence-corrected chi connectivity index (χ2v) is 4.24. The van der Waals surface area contributed by atoms with Crippen LogP contribution in [0.1, 0.15) is 11.6 Å². The van der Waals surface area contributed by atoms with E-state index >= 15 is 0 Å². The summed E-state index contributed by atoms with van der Waals surface area (Å²) in [6, 6.07) is 9.76. The number of anilines is 1. The van der Waals surface area contributed by atoms with Crippen LogP contribution >= 0.6 is 0 Å². The van der Waals surface area contributed by atoms with Crippen molar-refractivity contribution in [3.63, 3.8) is 0 Å². The third-order valence-corrected chi connectivity index (χ3v) is 2.83. The van der Waals surface area contributed by atoms with E-state index in [2.05, 4.69) is 5.32 Å². The lowest BCUT2D eigenvalue weighted by Crippen LogP contribution is -2.21. The number of halogens is 1. The first-order valence-corrected chi connectivity index (χ1v) is 5.97. The van der Waals surface area contributed by atoms with E-state index in [1.165, 1.54) is 0 Å². The first-order chi connectivity index (χ1) is 9.99. The van der Waals surface area contributed by atoms with Gasteiger partial charge in [0.2, 0.25) is 0 Å². The third kappa shape index (κ3) is 3.33. The Balaban J connectivity index is 2.40. The van der Waals surface area contributed by atoms with Gasteiger partial charge in [0.1, 0.15) is 11.5 Å². The first kappa shape index (κ1) is 14.4. The minimum absolute atomic E-state index is 0.184.